The molecule has 2 amide bonds. The minimum Gasteiger partial charge on any atom is -0.438 e. The quantitative estimate of drug-likeness (QED) is 0.592. The fraction of sp³-hybridized carbons (Fsp3) is 0.200. The number of carbonyl (C=O) groups is 3. The second-order valence-corrected chi connectivity index (χ2v) is 6.62. The predicted molar refractivity (Wildman–Crippen MR) is 92.8 cm³/mol. The van der Waals surface area contributed by atoms with Gasteiger partial charge in [-0.25, -0.2) is 9.78 Å². The second kappa shape index (κ2) is 6.28. The topological polar surface area (TPSA) is 95.0 Å². The highest BCUT2D eigenvalue weighted by atomic mass is 16.7. The molecular weight excluding hydrogens is 364 g/mol. The van der Waals surface area contributed by atoms with Gasteiger partial charge in [-0.15, -0.1) is 5.06 Å². The van der Waals surface area contributed by atoms with Crippen LogP contribution < -0.4 is 4.74 Å². The molecule has 0 spiro atoms. The Morgan fingerprint density at radius 1 is 0.964 bits per heavy atom. The van der Waals surface area contributed by atoms with E-state index in [-0.39, 0.29) is 11.4 Å². The van der Waals surface area contributed by atoms with Crippen molar-refractivity contribution in [1.29, 1.82) is 0 Å². The fourth-order valence-corrected chi connectivity index (χ4v) is 3.73. The summed E-state index contributed by atoms with van der Waals surface area (Å²) in [6.45, 7) is 0. The van der Waals surface area contributed by atoms with Crippen LogP contribution >= 0.6 is 0 Å². The van der Waals surface area contributed by atoms with Crippen LogP contribution in [0.3, 0.4) is 0 Å². The molecule has 2 saturated heterocycles. The lowest BCUT2D eigenvalue weighted by Gasteiger charge is -2.17. The normalized spacial score (nSPS) is 27.2. The molecule has 1 aromatic heterocycles. The average molecular weight is 378 g/mol. The number of hydrogen-bond donors (Lipinski definition) is 0. The van der Waals surface area contributed by atoms with Crippen LogP contribution in [0.25, 0.3) is 0 Å². The van der Waals surface area contributed by atoms with E-state index < -0.39 is 41.8 Å². The highest BCUT2D eigenvalue weighted by molar-refractivity contribution is 6.07. The van der Waals surface area contributed by atoms with Crippen LogP contribution in [0.15, 0.2) is 60.8 Å². The molecule has 28 heavy (non-hydrogen) atoms. The third-order valence-corrected chi connectivity index (χ3v) is 4.99. The molecule has 4 heterocycles. The van der Waals surface area contributed by atoms with Crippen molar-refractivity contribution in [3.63, 3.8) is 0 Å². The van der Waals surface area contributed by atoms with Crippen molar-refractivity contribution < 1.29 is 28.7 Å². The lowest BCUT2D eigenvalue weighted by Crippen LogP contribution is -2.36. The molecule has 8 heteroatoms. The summed E-state index contributed by atoms with van der Waals surface area (Å²) in [5.41, 5.74) is 0.00126. The molecular formula is C20H14N2O6. The van der Waals surface area contributed by atoms with Crippen LogP contribution in [0.2, 0.25) is 0 Å². The summed E-state index contributed by atoms with van der Waals surface area (Å²) < 4.78 is 11.2. The molecule has 5 rings (SSSR count). The molecule has 3 aliphatic heterocycles. The molecule has 140 valence electrons. The Labute approximate surface area is 159 Å². The number of amides is 2. The van der Waals surface area contributed by atoms with E-state index in [9.17, 15) is 14.4 Å². The van der Waals surface area contributed by atoms with Gasteiger partial charge in [-0.3, -0.25) is 9.59 Å². The van der Waals surface area contributed by atoms with E-state index in [1.165, 1.54) is 18.3 Å². The van der Waals surface area contributed by atoms with Gasteiger partial charge in [0.1, 0.15) is 11.3 Å². The summed E-state index contributed by atoms with van der Waals surface area (Å²) in [7, 11) is 0. The number of benzene rings is 1. The van der Waals surface area contributed by atoms with Gasteiger partial charge in [-0.2, -0.15) is 0 Å². The highest BCUT2D eigenvalue weighted by Gasteiger charge is 2.62. The van der Waals surface area contributed by atoms with Crippen LogP contribution in [-0.2, 0) is 19.2 Å². The van der Waals surface area contributed by atoms with E-state index in [1.807, 2.05) is 6.07 Å². The lowest BCUT2D eigenvalue weighted by atomic mass is 9.85. The van der Waals surface area contributed by atoms with Gasteiger partial charge in [0, 0.05) is 6.20 Å². The van der Waals surface area contributed by atoms with Gasteiger partial charge in [-0.05, 0) is 24.3 Å². The maximum Gasteiger partial charge on any atom is 0.369 e. The van der Waals surface area contributed by atoms with Crippen LogP contribution in [0.5, 0.6) is 11.6 Å². The van der Waals surface area contributed by atoms with Crippen molar-refractivity contribution in [2.75, 3.05) is 0 Å². The van der Waals surface area contributed by atoms with Gasteiger partial charge in [0.15, 0.2) is 0 Å². The van der Waals surface area contributed by atoms with Crippen molar-refractivity contribution in [2.45, 2.75) is 12.2 Å². The van der Waals surface area contributed by atoms with Gasteiger partial charge in [0.2, 0.25) is 5.88 Å². The van der Waals surface area contributed by atoms with Crippen LogP contribution in [0.1, 0.15) is 10.4 Å². The molecule has 3 aliphatic rings. The van der Waals surface area contributed by atoms with Crippen molar-refractivity contribution in [3.05, 3.63) is 66.4 Å². The Bertz CT molecular complexity index is 975. The molecule has 0 aliphatic carbocycles. The Hall–Kier alpha value is -3.52. The van der Waals surface area contributed by atoms with Crippen molar-refractivity contribution in [1.82, 2.24) is 10.0 Å². The Morgan fingerprint density at radius 3 is 2.32 bits per heavy atom. The zero-order valence-corrected chi connectivity index (χ0v) is 14.4. The highest BCUT2D eigenvalue weighted by Crippen LogP contribution is 2.45. The molecule has 4 atom stereocenters. The predicted octanol–water partition coefficient (Wildman–Crippen LogP) is 1.88. The summed E-state index contributed by atoms with van der Waals surface area (Å²) in [6.07, 6.45) is 4.08. The lowest BCUT2D eigenvalue weighted by molar-refractivity contribution is -0.177. The Kier molecular flexibility index (Phi) is 3.73. The number of para-hydroxylation sites is 1. The number of aromatic nitrogens is 1. The number of pyridine rings is 1. The average Bonchev–Trinajstić information content (AvgIpc) is 3.39. The number of hydrogen-bond acceptors (Lipinski definition) is 7. The minimum atomic E-state index is -0.901. The third kappa shape index (κ3) is 2.49. The maximum atomic E-state index is 12.7. The minimum absolute atomic E-state index is 0.00126. The molecule has 0 radical (unpaired) electrons. The number of imide groups is 1. The molecule has 8 nitrogen and oxygen atoms in total. The van der Waals surface area contributed by atoms with Gasteiger partial charge < -0.3 is 14.3 Å². The molecule has 0 saturated carbocycles. The largest absolute Gasteiger partial charge is 0.438 e. The number of nitrogens with zero attached hydrogens (tertiary/aromatic N) is 2. The van der Waals surface area contributed by atoms with Crippen LogP contribution in [0, 0.1) is 11.8 Å². The van der Waals surface area contributed by atoms with Gasteiger partial charge in [0.05, 0.1) is 24.0 Å². The Morgan fingerprint density at radius 2 is 1.64 bits per heavy atom. The molecule has 0 N–H and O–H groups in total. The fourth-order valence-electron chi connectivity index (χ4n) is 3.73. The molecule has 2 aromatic rings. The number of rotatable bonds is 4. The number of fused-ring (bicyclic) bond motifs is 5. The zero-order valence-electron chi connectivity index (χ0n) is 14.4. The maximum absolute atomic E-state index is 12.7. The van der Waals surface area contributed by atoms with Crippen molar-refractivity contribution in [2.24, 2.45) is 11.8 Å². The number of hydroxylamine groups is 2. The molecule has 1 aromatic carbocycles. The van der Waals surface area contributed by atoms with Gasteiger partial charge in [-0.1, -0.05) is 30.4 Å². The van der Waals surface area contributed by atoms with Gasteiger partial charge in [0.25, 0.3) is 11.8 Å². The summed E-state index contributed by atoms with van der Waals surface area (Å²) in [4.78, 5) is 47.1. The first-order valence-corrected chi connectivity index (χ1v) is 8.75. The zero-order chi connectivity index (χ0) is 19.3. The first kappa shape index (κ1) is 16.6. The van der Waals surface area contributed by atoms with Gasteiger partial charge >= 0.3 is 5.97 Å². The summed E-state index contributed by atoms with van der Waals surface area (Å²) >= 11 is 0. The smallest absolute Gasteiger partial charge is 0.369 e. The van der Waals surface area contributed by atoms with E-state index in [2.05, 4.69) is 4.98 Å². The van der Waals surface area contributed by atoms with Crippen molar-refractivity contribution in [3.8, 4) is 11.6 Å². The van der Waals surface area contributed by atoms with Crippen molar-refractivity contribution >= 4 is 17.8 Å². The Balaban J connectivity index is 1.37. The number of ether oxygens (including phenoxy) is 2. The standard InChI is InChI=1S/C20H14N2O6/c23-18-15-13-8-9-14(27-13)16(15)19(24)22(18)28-20(25)12-7-4-10-21-17(12)26-11-5-2-1-3-6-11/h1-10,13-16H/t13-,14+,15-,16-/m0/s1. The van der Waals surface area contributed by atoms with E-state index in [4.69, 9.17) is 14.3 Å². The summed E-state index contributed by atoms with van der Waals surface area (Å²) in [6, 6.07) is 11.8. The monoisotopic (exact) mass is 378 g/mol. The third-order valence-electron chi connectivity index (χ3n) is 4.99. The SMILES string of the molecule is O=C(ON1C(=O)[C@@H]2[C@@H](C1=O)[C@H]1C=C[C@@H]2O1)c1cccnc1Oc1ccccc1. The molecule has 0 unspecified atom stereocenters. The number of carbonyl (C=O) groups excluding carboxylic acids is 3. The van der Waals surface area contributed by atoms with E-state index in [1.54, 1.807) is 36.4 Å². The van der Waals surface area contributed by atoms with E-state index >= 15 is 0 Å². The molecule has 2 bridgehead atoms. The second-order valence-electron chi connectivity index (χ2n) is 6.62. The first-order chi connectivity index (χ1) is 13.6. The van der Waals surface area contributed by atoms with Crippen LogP contribution in [0.4, 0.5) is 0 Å². The van der Waals surface area contributed by atoms with Crippen LogP contribution in [-0.4, -0.2) is 40.0 Å². The summed E-state index contributed by atoms with van der Waals surface area (Å²) in [5.74, 6) is -2.85. The molecule has 2 fully saturated rings. The summed E-state index contributed by atoms with van der Waals surface area (Å²) in [5, 5.41) is 0.548. The van der Waals surface area contributed by atoms with E-state index in [0.29, 0.717) is 10.8 Å². The first-order valence-electron chi connectivity index (χ1n) is 8.75. The van der Waals surface area contributed by atoms with E-state index in [0.717, 1.165) is 0 Å².